The maximum atomic E-state index is 13.0. The van der Waals surface area contributed by atoms with Crippen molar-refractivity contribution in [2.75, 3.05) is 7.11 Å². The number of esters is 2. The molecule has 3 aliphatic heterocycles. The van der Waals surface area contributed by atoms with Gasteiger partial charge < -0.3 is 24.1 Å². The Hall–Kier alpha value is -1.18. The molecule has 3 unspecified atom stereocenters. The highest BCUT2D eigenvalue weighted by Crippen LogP contribution is 2.60. The molecule has 0 radical (unpaired) electrons. The first-order valence-corrected chi connectivity index (χ1v) is 11.2. The van der Waals surface area contributed by atoms with E-state index in [9.17, 15) is 14.7 Å². The van der Waals surface area contributed by atoms with Gasteiger partial charge in [-0.3, -0.25) is 9.59 Å². The quantitative estimate of drug-likeness (QED) is 0.681. The molecule has 1 saturated carbocycles. The van der Waals surface area contributed by atoms with E-state index in [0.717, 1.165) is 6.42 Å². The van der Waals surface area contributed by atoms with Crippen LogP contribution >= 0.6 is 0 Å². The predicted octanol–water partition coefficient (Wildman–Crippen LogP) is 2.62. The van der Waals surface area contributed by atoms with Gasteiger partial charge in [-0.05, 0) is 52.4 Å². The van der Waals surface area contributed by atoms with E-state index in [1.165, 1.54) is 6.92 Å². The molecule has 1 N–H and O–H groups in total. The molecule has 0 aromatic rings. The molecule has 4 rings (SSSR count). The summed E-state index contributed by atoms with van der Waals surface area (Å²) in [6.45, 7) is 9.11. The Bertz CT molecular complexity index is 720. The van der Waals surface area contributed by atoms with Gasteiger partial charge in [-0.2, -0.15) is 0 Å². The fourth-order valence-electron chi connectivity index (χ4n) is 7.05. The van der Waals surface area contributed by atoms with E-state index < -0.39 is 22.9 Å². The summed E-state index contributed by atoms with van der Waals surface area (Å²) in [5, 5.41) is 11.3. The first-order chi connectivity index (χ1) is 13.9. The lowest BCUT2D eigenvalue weighted by atomic mass is 9.57. The van der Waals surface area contributed by atoms with E-state index in [1.54, 1.807) is 14.0 Å². The second-order valence-corrected chi connectivity index (χ2v) is 10.7. The summed E-state index contributed by atoms with van der Waals surface area (Å²) < 4.78 is 24.4. The van der Waals surface area contributed by atoms with E-state index in [1.807, 2.05) is 20.8 Å². The van der Waals surface area contributed by atoms with Crippen molar-refractivity contribution >= 4 is 11.9 Å². The van der Waals surface area contributed by atoms with Crippen LogP contribution in [0.15, 0.2) is 0 Å². The smallest absolute Gasteiger partial charge is 0.309 e. The van der Waals surface area contributed by atoms with Crippen LogP contribution in [0.3, 0.4) is 0 Å². The van der Waals surface area contributed by atoms with Gasteiger partial charge in [-0.1, -0.05) is 6.92 Å². The number of rotatable bonds is 2. The summed E-state index contributed by atoms with van der Waals surface area (Å²) >= 11 is 0. The minimum Gasteiger partial charge on any atom is -0.459 e. The minimum absolute atomic E-state index is 0.0226. The average Bonchev–Trinajstić information content (AvgIpc) is 2.99. The van der Waals surface area contributed by atoms with Crippen LogP contribution in [0.25, 0.3) is 0 Å². The number of carbonyl (C=O) groups excluding carboxylic acids is 2. The van der Waals surface area contributed by atoms with E-state index in [2.05, 4.69) is 0 Å². The second kappa shape index (κ2) is 7.17. The monoisotopic (exact) mass is 424 g/mol. The summed E-state index contributed by atoms with van der Waals surface area (Å²) in [5.41, 5.74) is -2.64. The summed E-state index contributed by atoms with van der Waals surface area (Å²) in [5.74, 6) is -0.746. The van der Waals surface area contributed by atoms with Crippen molar-refractivity contribution in [3.63, 3.8) is 0 Å². The number of methoxy groups -OCH3 is 1. The number of fused-ring (bicyclic) bond motifs is 2. The van der Waals surface area contributed by atoms with Crippen LogP contribution in [0.5, 0.6) is 0 Å². The van der Waals surface area contributed by atoms with Crippen LogP contribution in [0, 0.1) is 23.7 Å². The Balaban J connectivity index is 1.85. The summed E-state index contributed by atoms with van der Waals surface area (Å²) in [4.78, 5) is 25.0. The van der Waals surface area contributed by atoms with Gasteiger partial charge in [0.15, 0.2) is 0 Å². The van der Waals surface area contributed by atoms with Gasteiger partial charge >= 0.3 is 11.9 Å². The summed E-state index contributed by atoms with van der Waals surface area (Å²) in [6, 6.07) is 0. The molecule has 0 spiro atoms. The van der Waals surface area contributed by atoms with Gasteiger partial charge in [0.1, 0.15) is 17.3 Å². The van der Waals surface area contributed by atoms with Crippen molar-refractivity contribution < 1.29 is 33.6 Å². The van der Waals surface area contributed by atoms with Crippen LogP contribution < -0.4 is 0 Å². The molecular formula is C23H36O7. The van der Waals surface area contributed by atoms with Gasteiger partial charge in [0.25, 0.3) is 0 Å². The highest BCUT2D eigenvalue weighted by Gasteiger charge is 2.67. The topological polar surface area (TPSA) is 91.3 Å². The average molecular weight is 425 g/mol. The third-order valence-electron chi connectivity index (χ3n) is 8.48. The fraction of sp³-hybridized carbons (Fsp3) is 0.913. The standard InChI is InChI=1S/C23H36O7/c1-12-14-7-9-22(4,29-13(2)24)18-15-11-21(3,26)16(27-6)8-10-23(5,30-20(12)25)19(28-15)17(14)18/h12,14-19,26H,7-11H2,1-6H3/t12-,14?,15?,16-,17+,18+,19?,21-,22-,23+/m1/s1. The number of carbonyl (C=O) groups is 2. The molecule has 4 fully saturated rings. The number of hydrogen-bond donors (Lipinski definition) is 1. The molecule has 10 atom stereocenters. The van der Waals surface area contributed by atoms with Crippen molar-refractivity contribution in [3.05, 3.63) is 0 Å². The molecule has 0 aromatic heterocycles. The molecule has 0 aromatic carbocycles. The molecule has 0 amide bonds. The van der Waals surface area contributed by atoms with Crippen molar-refractivity contribution in [2.24, 2.45) is 23.7 Å². The molecule has 1 aliphatic carbocycles. The highest BCUT2D eigenvalue weighted by atomic mass is 16.6. The summed E-state index contributed by atoms with van der Waals surface area (Å²) in [6.07, 6.45) is 1.90. The van der Waals surface area contributed by atoms with Gasteiger partial charge in [-0.15, -0.1) is 0 Å². The lowest BCUT2D eigenvalue weighted by molar-refractivity contribution is -0.182. The molecule has 7 heteroatoms. The number of ether oxygens (including phenoxy) is 4. The van der Waals surface area contributed by atoms with E-state index in [0.29, 0.717) is 25.7 Å². The molecule has 3 heterocycles. The Morgan fingerprint density at radius 2 is 1.90 bits per heavy atom. The van der Waals surface area contributed by atoms with Crippen LogP contribution in [0.2, 0.25) is 0 Å². The van der Waals surface area contributed by atoms with Gasteiger partial charge in [0, 0.05) is 32.3 Å². The fourth-order valence-corrected chi connectivity index (χ4v) is 7.05. The zero-order valence-corrected chi connectivity index (χ0v) is 19.0. The van der Waals surface area contributed by atoms with Crippen molar-refractivity contribution in [2.45, 2.75) is 102 Å². The third-order valence-corrected chi connectivity index (χ3v) is 8.48. The van der Waals surface area contributed by atoms with Crippen molar-refractivity contribution in [1.82, 2.24) is 0 Å². The zero-order valence-electron chi connectivity index (χ0n) is 19.0. The lowest BCUT2D eigenvalue weighted by Gasteiger charge is -2.49. The van der Waals surface area contributed by atoms with Crippen LogP contribution in [0.4, 0.5) is 0 Å². The van der Waals surface area contributed by atoms with Gasteiger partial charge in [0.05, 0.1) is 23.7 Å². The number of aliphatic hydroxyl groups is 1. The Kier molecular flexibility index (Phi) is 5.27. The maximum Gasteiger partial charge on any atom is 0.309 e. The first-order valence-electron chi connectivity index (χ1n) is 11.2. The molecule has 30 heavy (non-hydrogen) atoms. The third kappa shape index (κ3) is 3.28. The van der Waals surface area contributed by atoms with Crippen LogP contribution in [-0.4, -0.2) is 59.3 Å². The molecule has 4 aliphatic rings. The highest BCUT2D eigenvalue weighted by molar-refractivity contribution is 5.73. The van der Waals surface area contributed by atoms with Gasteiger partial charge in [0.2, 0.25) is 0 Å². The number of hydrogen-bond acceptors (Lipinski definition) is 7. The Labute approximate surface area is 178 Å². The van der Waals surface area contributed by atoms with E-state index >= 15 is 0 Å². The molecule has 7 nitrogen and oxygen atoms in total. The predicted molar refractivity (Wildman–Crippen MR) is 107 cm³/mol. The first kappa shape index (κ1) is 22.0. The molecular weight excluding hydrogens is 388 g/mol. The van der Waals surface area contributed by atoms with E-state index in [4.69, 9.17) is 18.9 Å². The van der Waals surface area contributed by atoms with Crippen LogP contribution in [0.1, 0.15) is 66.7 Å². The second-order valence-electron chi connectivity index (χ2n) is 10.7. The normalized spacial score (nSPS) is 53.0. The zero-order chi connectivity index (χ0) is 22.1. The van der Waals surface area contributed by atoms with Crippen molar-refractivity contribution in [3.8, 4) is 0 Å². The van der Waals surface area contributed by atoms with Gasteiger partial charge in [-0.25, -0.2) is 0 Å². The molecule has 3 saturated heterocycles. The van der Waals surface area contributed by atoms with Crippen LogP contribution in [-0.2, 0) is 28.5 Å². The SMILES string of the molecule is CO[C@@H]1CC[C@]2(C)OC(=O)[C@H](C)C3CC[C@@](C)(OC(C)=O)[C@H]4C(C[C@@]1(C)O)OC2[C@@H]34. The Morgan fingerprint density at radius 1 is 1.20 bits per heavy atom. The lowest BCUT2D eigenvalue weighted by Crippen LogP contribution is -2.56. The minimum atomic E-state index is -1.11. The Morgan fingerprint density at radius 3 is 2.53 bits per heavy atom. The summed E-state index contributed by atoms with van der Waals surface area (Å²) in [7, 11) is 1.60. The molecule has 170 valence electrons. The van der Waals surface area contributed by atoms with Crippen molar-refractivity contribution in [1.29, 1.82) is 0 Å². The van der Waals surface area contributed by atoms with E-state index in [-0.39, 0.29) is 47.8 Å². The largest absolute Gasteiger partial charge is 0.459 e. The molecule has 2 bridgehead atoms. The maximum absolute atomic E-state index is 13.0.